The smallest absolute Gasteiger partial charge is 0.0575 e. The number of ether oxygens (including phenoxy) is 3. The van der Waals surface area contributed by atoms with E-state index in [1.165, 1.54) is 16.7 Å². The molecule has 0 saturated heterocycles. The summed E-state index contributed by atoms with van der Waals surface area (Å²) in [5.74, 6) is 7.75. The summed E-state index contributed by atoms with van der Waals surface area (Å²) >= 11 is 0. The van der Waals surface area contributed by atoms with Crippen molar-refractivity contribution in [3.05, 3.63) is 34.9 Å². The highest BCUT2D eigenvalue weighted by Gasteiger charge is 2.03. The number of benzene rings is 1. The Morgan fingerprint density at radius 1 is 0.519 bits per heavy atom. The summed E-state index contributed by atoms with van der Waals surface area (Å²) in [6.07, 6.45) is 20.3. The van der Waals surface area contributed by atoms with Gasteiger partial charge in [-0.25, -0.2) is 0 Å². The molecule has 1 rings (SSSR count). The van der Waals surface area contributed by atoms with Crippen LogP contribution >= 0.6 is 0 Å². The molecule has 0 aliphatic carbocycles. The zero-order chi connectivity index (χ0) is 19.6. The Kier molecular flexibility index (Phi) is 13.5. The lowest BCUT2D eigenvalue weighted by atomic mass is 10.0. The number of hydrogen-bond donors (Lipinski definition) is 0. The van der Waals surface area contributed by atoms with E-state index in [0.717, 1.165) is 19.3 Å². The van der Waals surface area contributed by atoms with Crippen LogP contribution in [0.25, 0.3) is 0 Å². The third-order valence-corrected chi connectivity index (χ3v) is 3.89. The van der Waals surface area contributed by atoms with Gasteiger partial charge in [-0.05, 0) is 36.0 Å². The predicted octanol–water partition coefficient (Wildman–Crippen LogP) is 3.43. The van der Waals surface area contributed by atoms with Crippen molar-refractivity contribution in [3.63, 3.8) is 0 Å². The van der Waals surface area contributed by atoms with Crippen LogP contribution in [-0.2, 0) is 33.5 Å². The predicted molar refractivity (Wildman–Crippen MR) is 110 cm³/mol. The van der Waals surface area contributed by atoms with Crippen LogP contribution in [0.3, 0.4) is 0 Å². The van der Waals surface area contributed by atoms with Crippen LogP contribution in [0.5, 0.6) is 0 Å². The molecular weight excluding hydrogens is 336 g/mol. The van der Waals surface area contributed by atoms with E-state index in [2.05, 4.69) is 36.0 Å². The third-order valence-electron chi connectivity index (χ3n) is 3.89. The van der Waals surface area contributed by atoms with Crippen molar-refractivity contribution in [2.24, 2.45) is 0 Å². The van der Waals surface area contributed by atoms with Gasteiger partial charge in [0.05, 0.1) is 39.6 Å². The monoisotopic (exact) mass is 366 g/mol. The minimum atomic E-state index is 0.606. The SMILES string of the molecule is C#CCCOCCc1cc(CCOCCC#C)cc(CCOCCC#C)c1. The number of hydrogen-bond acceptors (Lipinski definition) is 3. The zero-order valence-electron chi connectivity index (χ0n) is 16.2. The Hall–Kier alpha value is -2.22. The Labute approximate surface area is 164 Å². The molecule has 0 fully saturated rings. The Bertz CT molecular complexity index is 540. The second-order valence-electron chi connectivity index (χ2n) is 6.11. The van der Waals surface area contributed by atoms with E-state index in [0.29, 0.717) is 58.9 Å². The molecule has 0 bridgehead atoms. The molecule has 144 valence electrons. The maximum absolute atomic E-state index is 5.58. The fraction of sp³-hybridized carbons (Fsp3) is 0.500. The van der Waals surface area contributed by atoms with Crippen molar-refractivity contribution >= 4 is 0 Å². The first-order valence-corrected chi connectivity index (χ1v) is 9.45. The summed E-state index contributed by atoms with van der Waals surface area (Å²) in [5, 5.41) is 0. The average Bonchev–Trinajstić information content (AvgIpc) is 2.67. The van der Waals surface area contributed by atoms with Crippen molar-refractivity contribution < 1.29 is 14.2 Å². The first-order chi connectivity index (χ1) is 13.3. The molecule has 0 heterocycles. The van der Waals surface area contributed by atoms with Gasteiger partial charge in [0.15, 0.2) is 0 Å². The summed E-state index contributed by atoms with van der Waals surface area (Å²) in [6.45, 7) is 3.82. The molecular formula is C24H30O3. The van der Waals surface area contributed by atoms with Crippen LogP contribution in [-0.4, -0.2) is 39.6 Å². The molecule has 1 aromatic rings. The standard InChI is InChI=1S/C24H30O3/c1-4-7-13-25-16-10-22-19-23(11-17-26-14-8-5-2)21-24(20-22)12-18-27-15-9-6-3/h1-3,19-21H,7-18H2. The van der Waals surface area contributed by atoms with Crippen molar-refractivity contribution in [1.82, 2.24) is 0 Å². The first kappa shape index (κ1) is 22.8. The van der Waals surface area contributed by atoms with E-state index < -0.39 is 0 Å². The van der Waals surface area contributed by atoms with Crippen LogP contribution in [0.15, 0.2) is 18.2 Å². The quantitative estimate of drug-likeness (QED) is 0.352. The average molecular weight is 367 g/mol. The highest BCUT2D eigenvalue weighted by Crippen LogP contribution is 2.14. The van der Waals surface area contributed by atoms with Gasteiger partial charge in [0.2, 0.25) is 0 Å². The Morgan fingerprint density at radius 2 is 0.815 bits per heavy atom. The van der Waals surface area contributed by atoms with E-state index >= 15 is 0 Å². The molecule has 0 aliphatic heterocycles. The molecule has 0 unspecified atom stereocenters. The van der Waals surface area contributed by atoms with Gasteiger partial charge in [-0.3, -0.25) is 0 Å². The topological polar surface area (TPSA) is 27.7 Å². The van der Waals surface area contributed by atoms with E-state index in [-0.39, 0.29) is 0 Å². The van der Waals surface area contributed by atoms with Gasteiger partial charge < -0.3 is 14.2 Å². The highest BCUT2D eigenvalue weighted by atomic mass is 16.5. The minimum absolute atomic E-state index is 0.606. The molecule has 0 atom stereocenters. The summed E-state index contributed by atoms with van der Waals surface area (Å²) < 4.78 is 16.7. The van der Waals surface area contributed by atoms with Gasteiger partial charge in [0, 0.05) is 19.3 Å². The van der Waals surface area contributed by atoms with Gasteiger partial charge in [0.25, 0.3) is 0 Å². The summed E-state index contributed by atoms with van der Waals surface area (Å²) in [7, 11) is 0. The Morgan fingerprint density at radius 3 is 1.07 bits per heavy atom. The first-order valence-electron chi connectivity index (χ1n) is 9.45. The van der Waals surface area contributed by atoms with Crippen molar-refractivity contribution in [2.45, 2.75) is 38.5 Å². The van der Waals surface area contributed by atoms with E-state index in [4.69, 9.17) is 33.5 Å². The molecule has 3 heteroatoms. The van der Waals surface area contributed by atoms with Gasteiger partial charge in [-0.1, -0.05) is 18.2 Å². The fourth-order valence-corrected chi connectivity index (χ4v) is 2.54. The van der Waals surface area contributed by atoms with Crippen LogP contribution in [0.4, 0.5) is 0 Å². The van der Waals surface area contributed by atoms with Crippen LogP contribution in [0, 0.1) is 37.0 Å². The van der Waals surface area contributed by atoms with Crippen molar-refractivity contribution in [1.29, 1.82) is 0 Å². The molecule has 1 aromatic carbocycles. The highest BCUT2D eigenvalue weighted by molar-refractivity contribution is 5.31. The molecule has 0 aromatic heterocycles. The summed E-state index contributed by atoms with van der Waals surface area (Å²) in [4.78, 5) is 0. The van der Waals surface area contributed by atoms with E-state index in [1.54, 1.807) is 0 Å². The molecule has 0 amide bonds. The van der Waals surface area contributed by atoms with E-state index in [9.17, 15) is 0 Å². The van der Waals surface area contributed by atoms with Crippen LogP contribution < -0.4 is 0 Å². The van der Waals surface area contributed by atoms with Gasteiger partial charge in [-0.15, -0.1) is 37.0 Å². The molecule has 0 aliphatic rings. The lowest BCUT2D eigenvalue weighted by molar-refractivity contribution is 0.141. The lowest BCUT2D eigenvalue weighted by Crippen LogP contribution is -2.05. The largest absolute Gasteiger partial charge is 0.380 e. The summed E-state index contributed by atoms with van der Waals surface area (Å²) in [6, 6.07) is 6.66. The van der Waals surface area contributed by atoms with E-state index in [1.807, 2.05) is 0 Å². The van der Waals surface area contributed by atoms with Gasteiger partial charge >= 0.3 is 0 Å². The molecule has 27 heavy (non-hydrogen) atoms. The molecule has 0 N–H and O–H groups in total. The van der Waals surface area contributed by atoms with Gasteiger partial charge in [0.1, 0.15) is 0 Å². The lowest BCUT2D eigenvalue weighted by Gasteiger charge is -2.11. The minimum Gasteiger partial charge on any atom is -0.380 e. The third kappa shape index (κ3) is 11.9. The molecule has 3 nitrogen and oxygen atoms in total. The normalized spacial score (nSPS) is 10.1. The number of terminal acetylenes is 3. The zero-order valence-corrected chi connectivity index (χ0v) is 16.2. The van der Waals surface area contributed by atoms with Crippen molar-refractivity contribution in [2.75, 3.05) is 39.6 Å². The van der Waals surface area contributed by atoms with Crippen molar-refractivity contribution in [3.8, 4) is 37.0 Å². The van der Waals surface area contributed by atoms with Crippen LogP contribution in [0.2, 0.25) is 0 Å². The molecule has 0 radical (unpaired) electrons. The maximum atomic E-state index is 5.58. The maximum Gasteiger partial charge on any atom is 0.0575 e. The fourth-order valence-electron chi connectivity index (χ4n) is 2.54. The second kappa shape index (κ2) is 16.0. The Balaban J connectivity index is 2.56. The van der Waals surface area contributed by atoms with Gasteiger partial charge in [-0.2, -0.15) is 0 Å². The molecule has 0 spiro atoms. The van der Waals surface area contributed by atoms with Crippen LogP contribution in [0.1, 0.15) is 36.0 Å². The molecule has 0 saturated carbocycles. The summed E-state index contributed by atoms with van der Waals surface area (Å²) in [5.41, 5.74) is 3.78. The number of rotatable bonds is 15. The second-order valence-corrected chi connectivity index (χ2v) is 6.11.